The monoisotopic (exact) mass is 1870 g/mol. The highest BCUT2D eigenvalue weighted by Crippen LogP contribution is 2.47. The molecule has 9 nitrogen and oxygen atoms in total. The highest BCUT2D eigenvalue weighted by molar-refractivity contribution is 6.22. The van der Waals surface area contributed by atoms with Crippen molar-refractivity contribution in [3.8, 4) is 96.1 Å². The Hall–Kier alpha value is -19.7. The summed E-state index contributed by atoms with van der Waals surface area (Å²) in [6.45, 7) is 0. The number of aromatic nitrogens is 9. The van der Waals surface area contributed by atoms with Crippen LogP contribution in [0.1, 0.15) is 0 Å². The van der Waals surface area contributed by atoms with Gasteiger partial charge >= 0.3 is 0 Å². The van der Waals surface area contributed by atoms with Crippen LogP contribution < -0.4 is 0 Å². The predicted octanol–water partition coefficient (Wildman–Crippen LogP) is 36.2. The topological polar surface area (TPSA) is 92.1 Å². The first kappa shape index (κ1) is 84.2. The van der Waals surface area contributed by atoms with Crippen molar-refractivity contribution in [3.63, 3.8) is 0 Å². The summed E-state index contributed by atoms with van der Waals surface area (Å²) < 4.78 is 6.78. The number of para-hydroxylation sites is 3. The summed E-state index contributed by atoms with van der Waals surface area (Å²) >= 11 is 0. The van der Waals surface area contributed by atoms with Gasteiger partial charge in [0.05, 0.1) is 66.7 Å². The third-order valence-corrected chi connectivity index (χ3v) is 29.9. The van der Waals surface area contributed by atoms with Gasteiger partial charge in [-0.15, -0.1) is 0 Å². The standard InChI is InChI=1S/C52H31N3.C46H29N3.C40H25N3/c1-2-12-36-31-50-47(28-35(36)11-1)46-29-38(37-23-25-43-39(27-37)21-19-32-9-3-5-13-41(32)43)24-26-49(46)55(50)52-53-48-16-8-7-15-44(48)51(54-52)40-22-20-34-18-17-33-10-4-6-14-42(33)45(34)30-40;1-2-11-30(12-3-1)32-21-24-33(25-22-32)45-39-17-8-9-19-41(39)47-46(48-45)49-42-20-10-18-38(37-26-23-31-13-4-5-14-34(31)27-37)44(42)40-28-35-15-6-7-16-36(35)29-43(40)49;1-2-12-27(13-3-1)31-20-11-23-36-38(31)34-24-28-15-4-5-16-29(28)25-37(34)43(36)40-41-35-22-9-8-19-33(35)39(42-40)32-21-10-17-26-14-6-7-18-30(26)32/h1-31H;1-29H;1-25H. The molecular formula is C138H85N9. The SMILES string of the molecule is c1ccc(-c2ccc(-c3nc(-n4c5cc6ccccc6cc5c5c(-c6ccc7ccccc7c6)cccc54)nc4ccccc34)cc2)cc1.c1ccc(-c2cccc3c2c2cc4ccccc4cc2n3-c2nc(-c3cccc4ccccc34)c3ccccc3n2)cc1.c1ccc2cc3c(cc2c1)c1cc(-c2ccc4c(ccc5ccccc54)c2)ccc1n3-c1nc(-c2ccc3ccc4ccccc4c3c2)c2ccccc2n1. The number of nitrogens with zero attached hydrogens (tertiary/aromatic N) is 9. The van der Waals surface area contributed by atoms with Crippen molar-refractivity contribution < 1.29 is 0 Å². The van der Waals surface area contributed by atoms with E-state index in [9.17, 15) is 0 Å². The minimum absolute atomic E-state index is 0.659. The van der Waals surface area contributed by atoms with Crippen molar-refractivity contribution in [2.24, 2.45) is 0 Å². The molecule has 0 aliphatic carbocycles. The van der Waals surface area contributed by atoms with Gasteiger partial charge in [0.15, 0.2) is 0 Å². The second-order valence-electron chi connectivity index (χ2n) is 38.3. The number of hydrogen-bond acceptors (Lipinski definition) is 6. The van der Waals surface area contributed by atoms with Gasteiger partial charge in [-0.3, -0.25) is 13.7 Å². The molecule has 0 radical (unpaired) electrons. The molecule has 0 saturated carbocycles. The van der Waals surface area contributed by atoms with E-state index < -0.39 is 0 Å². The zero-order chi connectivity index (χ0) is 96.7. The molecule has 31 rings (SSSR count). The molecule has 31 aromatic rings. The molecule has 0 amide bonds. The van der Waals surface area contributed by atoms with Gasteiger partial charge in [-0.1, -0.05) is 419 Å². The van der Waals surface area contributed by atoms with E-state index in [2.05, 4.69) is 529 Å². The number of hydrogen-bond donors (Lipinski definition) is 0. The normalized spacial score (nSPS) is 11.8. The van der Waals surface area contributed by atoms with Crippen LogP contribution in [0.15, 0.2) is 516 Å². The molecule has 0 atom stereocenters. The maximum atomic E-state index is 5.47. The quantitative estimate of drug-likeness (QED) is 0.127. The van der Waals surface area contributed by atoms with E-state index in [4.69, 9.17) is 29.9 Å². The zero-order valence-electron chi connectivity index (χ0n) is 79.6. The van der Waals surface area contributed by atoms with Gasteiger partial charge < -0.3 is 0 Å². The van der Waals surface area contributed by atoms with Gasteiger partial charge in [-0.2, -0.15) is 0 Å². The largest absolute Gasteiger partial charge is 0.278 e. The van der Waals surface area contributed by atoms with Crippen molar-refractivity contribution in [3.05, 3.63) is 516 Å². The van der Waals surface area contributed by atoms with Gasteiger partial charge in [0.2, 0.25) is 17.8 Å². The van der Waals surface area contributed by atoms with E-state index >= 15 is 0 Å². The fourth-order valence-electron chi connectivity index (χ4n) is 22.9. The number of fused-ring (bicyclic) bond motifs is 23. The van der Waals surface area contributed by atoms with Crippen LogP contribution in [0.4, 0.5) is 0 Å². The Labute approximate surface area is 844 Å². The van der Waals surface area contributed by atoms with Crippen molar-refractivity contribution in [1.82, 2.24) is 43.6 Å². The first-order valence-corrected chi connectivity index (χ1v) is 50.1. The fourth-order valence-corrected chi connectivity index (χ4v) is 22.9. The van der Waals surface area contributed by atoms with E-state index in [1.807, 2.05) is 0 Å². The average Bonchev–Trinajstić information content (AvgIpc) is 1.57. The Morgan fingerprint density at radius 2 is 0.435 bits per heavy atom. The molecule has 25 aromatic carbocycles. The zero-order valence-corrected chi connectivity index (χ0v) is 79.6. The minimum atomic E-state index is 0.659. The molecule has 9 heteroatoms. The van der Waals surface area contributed by atoms with E-state index in [0.29, 0.717) is 17.8 Å². The van der Waals surface area contributed by atoms with Gasteiger partial charge in [0.1, 0.15) is 0 Å². The van der Waals surface area contributed by atoms with Crippen LogP contribution in [0.5, 0.6) is 0 Å². The van der Waals surface area contributed by atoms with Gasteiger partial charge in [0.25, 0.3) is 0 Å². The highest BCUT2D eigenvalue weighted by atomic mass is 15.2. The fraction of sp³-hybridized carbons (Fsp3) is 0. The second-order valence-corrected chi connectivity index (χ2v) is 38.3. The van der Waals surface area contributed by atoms with Crippen LogP contribution >= 0.6 is 0 Å². The summed E-state index contributed by atoms with van der Waals surface area (Å²) in [5, 5.41) is 32.2. The molecule has 0 aliphatic heterocycles. The van der Waals surface area contributed by atoms with Crippen LogP contribution in [-0.4, -0.2) is 43.6 Å². The summed E-state index contributed by atoms with van der Waals surface area (Å²) in [6, 6.07) is 185. The molecule has 682 valence electrons. The van der Waals surface area contributed by atoms with Crippen LogP contribution in [0.2, 0.25) is 0 Å². The minimum Gasteiger partial charge on any atom is -0.278 e. The van der Waals surface area contributed by atoms with Gasteiger partial charge in [-0.05, 0) is 239 Å². The van der Waals surface area contributed by atoms with Crippen molar-refractivity contribution in [2.75, 3.05) is 0 Å². The lowest BCUT2D eigenvalue weighted by atomic mass is 9.96. The van der Waals surface area contributed by atoms with Gasteiger partial charge in [-0.25, -0.2) is 29.9 Å². The molecule has 6 heterocycles. The summed E-state index contributed by atoms with van der Waals surface area (Å²) in [7, 11) is 0. The average molecular weight is 1870 g/mol. The molecule has 6 aromatic heterocycles. The lowest BCUT2D eigenvalue weighted by Crippen LogP contribution is -2.03. The second kappa shape index (κ2) is 34.6. The lowest BCUT2D eigenvalue weighted by molar-refractivity contribution is 1.01. The molecule has 147 heavy (non-hydrogen) atoms. The molecule has 0 fully saturated rings. The third kappa shape index (κ3) is 14.4. The van der Waals surface area contributed by atoms with Crippen molar-refractivity contribution >= 4 is 195 Å². The van der Waals surface area contributed by atoms with Crippen LogP contribution in [0, 0.1) is 0 Å². The summed E-state index contributed by atoms with van der Waals surface area (Å²) in [6.07, 6.45) is 0. The Kier molecular flexibility index (Phi) is 19.8. The third-order valence-electron chi connectivity index (χ3n) is 29.9. The summed E-state index contributed by atoms with van der Waals surface area (Å²) in [5.74, 6) is 1.99. The lowest BCUT2D eigenvalue weighted by Gasteiger charge is -2.13. The van der Waals surface area contributed by atoms with Crippen molar-refractivity contribution in [1.29, 1.82) is 0 Å². The Morgan fingerprint density at radius 3 is 1.00 bits per heavy atom. The number of rotatable bonds is 10. The van der Waals surface area contributed by atoms with Crippen molar-refractivity contribution in [2.45, 2.75) is 0 Å². The van der Waals surface area contributed by atoms with E-state index in [1.165, 1.54) is 174 Å². The smallest absolute Gasteiger partial charge is 0.235 e. The Morgan fingerprint density at radius 1 is 0.122 bits per heavy atom. The van der Waals surface area contributed by atoms with E-state index in [0.717, 1.165) is 99.6 Å². The molecule has 0 unspecified atom stereocenters. The summed E-state index contributed by atoms with van der Waals surface area (Å²) in [5.41, 5.74) is 24.8. The molecular weight excluding hydrogens is 1780 g/mol. The first-order chi connectivity index (χ1) is 72.8. The maximum absolute atomic E-state index is 5.47. The number of benzene rings is 25. The molecule has 0 aliphatic rings. The predicted molar refractivity (Wildman–Crippen MR) is 617 cm³/mol. The van der Waals surface area contributed by atoms with Crippen LogP contribution in [0.25, 0.3) is 291 Å². The van der Waals surface area contributed by atoms with E-state index in [-0.39, 0.29) is 0 Å². The first-order valence-electron chi connectivity index (χ1n) is 50.1. The Bertz CT molecular complexity index is 10900. The van der Waals surface area contributed by atoms with Crippen LogP contribution in [-0.2, 0) is 0 Å². The maximum Gasteiger partial charge on any atom is 0.235 e. The Balaban J connectivity index is 0.000000105. The highest BCUT2D eigenvalue weighted by Gasteiger charge is 2.27. The van der Waals surface area contributed by atoms with E-state index in [1.54, 1.807) is 0 Å². The molecule has 0 bridgehead atoms. The van der Waals surface area contributed by atoms with Gasteiger partial charge in [0, 0.05) is 65.2 Å². The molecule has 0 N–H and O–H groups in total. The molecule has 0 saturated heterocycles. The molecule has 0 spiro atoms. The van der Waals surface area contributed by atoms with Crippen LogP contribution in [0.3, 0.4) is 0 Å². The summed E-state index contributed by atoms with van der Waals surface area (Å²) in [4.78, 5) is 32.0.